The van der Waals surface area contributed by atoms with Crippen molar-refractivity contribution in [1.82, 2.24) is 4.98 Å². The normalized spacial score (nSPS) is 8.36. The average molecular weight is 373 g/mol. The first kappa shape index (κ1) is 11.2. The third-order valence-corrected chi connectivity index (χ3v) is 1.46. The van der Waals surface area contributed by atoms with Gasteiger partial charge in [0.15, 0.2) is 0 Å². The maximum atomic E-state index is 3.12. The second-order valence-electron chi connectivity index (χ2n) is 2.06. The molecule has 0 aliphatic heterocycles. The number of H-pyrrole nitrogens is 1. The van der Waals surface area contributed by atoms with Crippen LogP contribution in [0.25, 0.3) is 10.9 Å². The van der Waals surface area contributed by atoms with E-state index in [2.05, 4.69) is 23.2 Å². The van der Waals surface area contributed by atoms with Crippen LogP contribution in [0.3, 0.4) is 0 Å². The molecule has 60 valence electrons. The summed E-state index contributed by atoms with van der Waals surface area (Å²) in [5.41, 5.74) is 1.21. The van der Waals surface area contributed by atoms with Gasteiger partial charge in [0.1, 0.15) is 0 Å². The fourth-order valence-electron chi connectivity index (χ4n) is 0.995. The van der Waals surface area contributed by atoms with Gasteiger partial charge in [-0.1, -0.05) is 18.2 Å². The molecule has 0 atom stereocenters. The number of para-hydroxylation sites is 1. The molecular weight excluding hydrogens is 364 g/mol. The van der Waals surface area contributed by atoms with Gasteiger partial charge in [-0.05, 0) is 17.5 Å². The lowest BCUT2D eigenvalue weighted by Crippen LogP contribution is -1.61. The van der Waals surface area contributed by atoms with E-state index in [-0.39, 0.29) is 48.0 Å². The molecule has 0 aliphatic rings. The number of halogens is 2. The quantitative estimate of drug-likeness (QED) is 0.682. The van der Waals surface area contributed by atoms with Gasteiger partial charge in [0.25, 0.3) is 0 Å². The summed E-state index contributed by atoms with van der Waals surface area (Å²) in [5, 5.41) is 1.28. The first-order valence-corrected chi connectivity index (χ1v) is 2.99. The fraction of sp³-hybridized carbons (Fsp3) is 0. The van der Waals surface area contributed by atoms with E-state index in [1.165, 1.54) is 10.9 Å². The third-order valence-electron chi connectivity index (χ3n) is 1.46. The zero-order valence-corrected chi connectivity index (χ0v) is 10.4. The van der Waals surface area contributed by atoms with Gasteiger partial charge in [-0.3, -0.25) is 0 Å². The fourth-order valence-corrected chi connectivity index (χ4v) is 0.995. The third kappa shape index (κ3) is 2.33. The number of benzene rings is 1. The van der Waals surface area contributed by atoms with Crippen molar-refractivity contribution in [3.63, 3.8) is 0 Å². The summed E-state index contributed by atoms with van der Waals surface area (Å²) in [4.78, 5) is 3.12. The second kappa shape index (κ2) is 4.97. The van der Waals surface area contributed by atoms with E-state index in [1.807, 2.05) is 18.3 Å². The van der Waals surface area contributed by atoms with Crippen molar-refractivity contribution in [2.24, 2.45) is 0 Å². The summed E-state index contributed by atoms with van der Waals surface area (Å²) in [6, 6.07) is 10.3. The zero-order chi connectivity index (χ0) is 6.10. The van der Waals surface area contributed by atoms with Crippen LogP contribution in [0.5, 0.6) is 0 Å². The van der Waals surface area contributed by atoms with Gasteiger partial charge in [0.05, 0.1) is 0 Å². The van der Waals surface area contributed by atoms with Crippen molar-refractivity contribution >= 4 is 58.9 Å². The smallest absolute Gasteiger partial charge is 0.0453 e. The lowest BCUT2D eigenvalue weighted by molar-refractivity contribution is 1.48. The Kier molecular flexibility index (Phi) is 5.07. The Hall–Kier alpha value is 0.220. The highest BCUT2D eigenvalue weighted by molar-refractivity contribution is 14.0. The minimum atomic E-state index is 0. The number of nitrogens with one attached hydrogen (secondary N) is 1. The highest BCUT2D eigenvalue weighted by atomic mass is 127. The first-order chi connectivity index (χ1) is 4.47. The van der Waals surface area contributed by atoms with Crippen LogP contribution in [0.15, 0.2) is 36.5 Å². The van der Waals surface area contributed by atoms with Crippen LogP contribution < -0.4 is 0 Å². The topological polar surface area (TPSA) is 15.8 Å². The Morgan fingerprint density at radius 2 is 1.64 bits per heavy atom. The first-order valence-electron chi connectivity index (χ1n) is 2.99. The van der Waals surface area contributed by atoms with Crippen LogP contribution in [0.2, 0.25) is 0 Å². The number of hydrogen-bond acceptors (Lipinski definition) is 0. The highest BCUT2D eigenvalue weighted by Gasteiger charge is 1.86. The minimum Gasteiger partial charge on any atom is -0.361 e. The molecule has 0 spiro atoms. The van der Waals surface area contributed by atoms with E-state index in [9.17, 15) is 0 Å². The van der Waals surface area contributed by atoms with Crippen molar-refractivity contribution in [1.29, 1.82) is 0 Å². The van der Waals surface area contributed by atoms with E-state index in [0.29, 0.717) is 0 Å². The molecule has 2 aromatic rings. The average Bonchev–Trinajstić information content (AvgIpc) is 2.33. The van der Waals surface area contributed by atoms with Gasteiger partial charge in [0.2, 0.25) is 0 Å². The maximum absolute atomic E-state index is 3.12. The lowest BCUT2D eigenvalue weighted by Gasteiger charge is -1.83. The number of aromatic nitrogens is 1. The summed E-state index contributed by atoms with van der Waals surface area (Å²) in [7, 11) is 0. The molecule has 1 aromatic carbocycles. The van der Waals surface area contributed by atoms with Gasteiger partial charge in [-0.15, -0.1) is 48.0 Å². The lowest BCUT2D eigenvalue weighted by atomic mass is 10.3. The van der Waals surface area contributed by atoms with Crippen molar-refractivity contribution in [3.05, 3.63) is 36.5 Å². The summed E-state index contributed by atoms with van der Waals surface area (Å²) in [5.74, 6) is 0. The monoisotopic (exact) mass is 373 g/mol. The molecule has 0 saturated carbocycles. The molecule has 1 nitrogen and oxygen atoms in total. The summed E-state index contributed by atoms with van der Waals surface area (Å²) in [6.07, 6.45) is 1.95. The minimum absolute atomic E-state index is 0. The molecule has 1 N–H and O–H groups in total. The molecule has 2 rings (SSSR count). The van der Waals surface area contributed by atoms with Crippen LogP contribution in [0.4, 0.5) is 0 Å². The molecule has 3 heteroatoms. The molecule has 0 unspecified atom stereocenters. The molecule has 1 heterocycles. The summed E-state index contributed by atoms with van der Waals surface area (Å²) in [6.45, 7) is 0. The van der Waals surface area contributed by atoms with E-state index in [0.717, 1.165) is 0 Å². The van der Waals surface area contributed by atoms with Crippen LogP contribution in [0.1, 0.15) is 0 Å². The predicted molar refractivity (Wildman–Crippen MR) is 69.1 cm³/mol. The van der Waals surface area contributed by atoms with Crippen molar-refractivity contribution in [2.75, 3.05) is 0 Å². The highest BCUT2D eigenvalue weighted by Crippen LogP contribution is 2.09. The van der Waals surface area contributed by atoms with E-state index in [1.54, 1.807) is 0 Å². The Labute approximate surface area is 99.6 Å². The second-order valence-corrected chi connectivity index (χ2v) is 2.06. The van der Waals surface area contributed by atoms with Crippen LogP contribution >= 0.6 is 48.0 Å². The van der Waals surface area contributed by atoms with Crippen molar-refractivity contribution in [2.45, 2.75) is 0 Å². The van der Waals surface area contributed by atoms with E-state index < -0.39 is 0 Å². The molecule has 0 fully saturated rings. The van der Waals surface area contributed by atoms with Gasteiger partial charge in [-0.25, -0.2) is 0 Å². The maximum Gasteiger partial charge on any atom is 0.0453 e. The molecule has 0 radical (unpaired) electrons. The molecule has 0 saturated heterocycles. The zero-order valence-electron chi connectivity index (χ0n) is 5.78. The van der Waals surface area contributed by atoms with E-state index in [4.69, 9.17) is 0 Å². The number of fused-ring (bicyclic) bond motifs is 1. The standard InChI is InChI=1S/C8H7N.2HI/c1-2-4-8-7(3-1)5-6-9-8;;/h1-6,9H;2*1H. The molecule has 11 heavy (non-hydrogen) atoms. The Balaban J connectivity index is 0.000000500. The van der Waals surface area contributed by atoms with Gasteiger partial charge >= 0.3 is 0 Å². The summed E-state index contributed by atoms with van der Waals surface area (Å²) < 4.78 is 0. The van der Waals surface area contributed by atoms with Crippen LogP contribution in [-0.2, 0) is 0 Å². The Bertz CT molecular complexity index is 286. The SMILES string of the molecule is I.I.c1ccc2[nH]ccc2c1. The summed E-state index contributed by atoms with van der Waals surface area (Å²) >= 11 is 0. The Morgan fingerprint density at radius 1 is 0.909 bits per heavy atom. The van der Waals surface area contributed by atoms with Crippen LogP contribution in [-0.4, -0.2) is 4.98 Å². The van der Waals surface area contributed by atoms with Crippen molar-refractivity contribution in [3.8, 4) is 0 Å². The van der Waals surface area contributed by atoms with Gasteiger partial charge in [0, 0.05) is 11.7 Å². The number of aromatic amines is 1. The molecule has 0 bridgehead atoms. The predicted octanol–water partition coefficient (Wildman–Crippen LogP) is 3.40. The molecule has 0 amide bonds. The molecule has 1 aromatic heterocycles. The van der Waals surface area contributed by atoms with Gasteiger partial charge in [-0.2, -0.15) is 0 Å². The molecule has 0 aliphatic carbocycles. The Morgan fingerprint density at radius 3 is 2.36 bits per heavy atom. The number of rotatable bonds is 0. The van der Waals surface area contributed by atoms with Crippen molar-refractivity contribution < 1.29 is 0 Å². The van der Waals surface area contributed by atoms with Crippen LogP contribution in [0, 0.1) is 0 Å². The van der Waals surface area contributed by atoms with Gasteiger partial charge < -0.3 is 4.98 Å². The largest absolute Gasteiger partial charge is 0.361 e. The van der Waals surface area contributed by atoms with E-state index >= 15 is 0 Å². The number of hydrogen-bond donors (Lipinski definition) is 1. The molecular formula is C8H9I2N.